The molecule has 0 aliphatic rings. The number of ether oxygens (including phenoxy) is 1. The van der Waals surface area contributed by atoms with Gasteiger partial charge in [-0.15, -0.1) is 0 Å². The zero-order valence-electron chi connectivity index (χ0n) is 11.9. The summed E-state index contributed by atoms with van der Waals surface area (Å²) in [6, 6.07) is 10.6. The molecule has 3 N–H and O–H groups in total. The van der Waals surface area contributed by atoms with E-state index in [2.05, 4.69) is 10.1 Å². The summed E-state index contributed by atoms with van der Waals surface area (Å²) in [4.78, 5) is 4.14. The van der Waals surface area contributed by atoms with Crippen molar-refractivity contribution < 1.29 is 9.94 Å². The molecule has 0 spiro atoms. The fourth-order valence-corrected chi connectivity index (χ4v) is 1.41. The van der Waals surface area contributed by atoms with E-state index in [9.17, 15) is 0 Å². The van der Waals surface area contributed by atoms with Gasteiger partial charge in [-0.2, -0.15) is 0 Å². The lowest BCUT2D eigenvalue weighted by molar-refractivity contribution is 0.318. The van der Waals surface area contributed by atoms with Gasteiger partial charge < -0.3 is 15.7 Å². The van der Waals surface area contributed by atoms with Crippen LogP contribution in [0.4, 0.5) is 0 Å². The van der Waals surface area contributed by atoms with Crippen LogP contribution < -0.4 is 10.5 Å². The Kier molecular flexibility index (Phi) is 6.03. The number of benzene rings is 1. The molecule has 106 valence electrons. The zero-order chi connectivity index (χ0) is 15.0. The Balaban J connectivity index is 0.000000956. The number of hydrogen-bond donors (Lipinski definition) is 2. The molecular formula is C15H19N3O2. The predicted molar refractivity (Wildman–Crippen MR) is 79.3 cm³/mol. The second-order valence-corrected chi connectivity index (χ2v) is 3.79. The van der Waals surface area contributed by atoms with E-state index in [1.165, 1.54) is 0 Å². The van der Waals surface area contributed by atoms with Gasteiger partial charge in [0.1, 0.15) is 5.75 Å². The molecule has 2 rings (SSSR count). The van der Waals surface area contributed by atoms with Gasteiger partial charge >= 0.3 is 0 Å². The fourth-order valence-electron chi connectivity index (χ4n) is 1.41. The van der Waals surface area contributed by atoms with E-state index in [4.69, 9.17) is 15.7 Å². The van der Waals surface area contributed by atoms with Crippen molar-refractivity contribution in [2.75, 3.05) is 0 Å². The first-order valence-electron chi connectivity index (χ1n) is 6.37. The molecule has 20 heavy (non-hydrogen) atoms. The van der Waals surface area contributed by atoms with Crippen molar-refractivity contribution in [2.45, 2.75) is 20.8 Å². The summed E-state index contributed by atoms with van der Waals surface area (Å²) < 4.78 is 5.57. The van der Waals surface area contributed by atoms with Crippen molar-refractivity contribution in [1.82, 2.24) is 4.98 Å². The maximum Gasteiger partial charge on any atom is 0.219 e. The van der Waals surface area contributed by atoms with Crippen LogP contribution >= 0.6 is 0 Å². The van der Waals surface area contributed by atoms with Crippen LogP contribution in [0.5, 0.6) is 11.6 Å². The number of rotatable bonds is 3. The van der Waals surface area contributed by atoms with Crippen molar-refractivity contribution in [3.8, 4) is 11.6 Å². The largest absolute Gasteiger partial charge is 0.439 e. The monoisotopic (exact) mass is 273 g/mol. The zero-order valence-corrected chi connectivity index (χ0v) is 11.9. The smallest absolute Gasteiger partial charge is 0.219 e. The minimum absolute atomic E-state index is 0.0392. The molecule has 0 amide bonds. The Morgan fingerprint density at radius 3 is 2.60 bits per heavy atom. The summed E-state index contributed by atoms with van der Waals surface area (Å²) in [5.41, 5.74) is 7.15. The van der Waals surface area contributed by atoms with E-state index in [0.29, 0.717) is 17.2 Å². The molecule has 0 bridgehead atoms. The lowest BCUT2D eigenvalue weighted by atomic mass is 10.2. The van der Waals surface area contributed by atoms with E-state index in [-0.39, 0.29) is 5.84 Å². The number of amidine groups is 1. The Morgan fingerprint density at radius 2 is 2.00 bits per heavy atom. The molecule has 0 unspecified atom stereocenters. The van der Waals surface area contributed by atoms with Gasteiger partial charge in [0, 0.05) is 17.8 Å². The highest BCUT2D eigenvalue weighted by molar-refractivity contribution is 5.97. The van der Waals surface area contributed by atoms with Crippen LogP contribution in [0.2, 0.25) is 0 Å². The minimum atomic E-state index is 0.0392. The first kappa shape index (κ1) is 15.5. The van der Waals surface area contributed by atoms with Gasteiger partial charge in [0.25, 0.3) is 0 Å². The standard InChI is InChI=1S/C13H13N3O2.C2H6/c1-9-5-6-12(15-8-9)18-11-4-2-3-10(7-11)13(14)16-17;1-2/h2-8,17H,1H3,(H2,14,16);1-2H3. The van der Waals surface area contributed by atoms with Gasteiger partial charge in [0.05, 0.1) is 0 Å². The number of nitrogens with zero attached hydrogens (tertiary/aromatic N) is 2. The van der Waals surface area contributed by atoms with Crippen LogP contribution in [0, 0.1) is 6.92 Å². The quantitative estimate of drug-likeness (QED) is 0.389. The molecule has 0 fully saturated rings. The maximum atomic E-state index is 8.61. The van der Waals surface area contributed by atoms with Gasteiger partial charge in [-0.3, -0.25) is 0 Å². The van der Waals surface area contributed by atoms with E-state index < -0.39 is 0 Å². The molecule has 5 heteroatoms. The summed E-state index contributed by atoms with van der Waals surface area (Å²) >= 11 is 0. The Bertz CT molecular complexity index is 566. The van der Waals surface area contributed by atoms with Gasteiger partial charge in [-0.25, -0.2) is 4.98 Å². The number of aryl methyl sites for hydroxylation is 1. The third kappa shape index (κ3) is 4.28. The van der Waals surface area contributed by atoms with Crippen molar-refractivity contribution in [1.29, 1.82) is 0 Å². The molecule has 2 aromatic rings. The van der Waals surface area contributed by atoms with Gasteiger partial charge in [-0.05, 0) is 24.6 Å². The van der Waals surface area contributed by atoms with Gasteiger partial charge in [0.2, 0.25) is 5.88 Å². The van der Waals surface area contributed by atoms with E-state index >= 15 is 0 Å². The second-order valence-electron chi connectivity index (χ2n) is 3.79. The van der Waals surface area contributed by atoms with Crippen molar-refractivity contribution >= 4 is 5.84 Å². The maximum absolute atomic E-state index is 8.61. The molecular weight excluding hydrogens is 254 g/mol. The fraction of sp³-hybridized carbons (Fsp3) is 0.200. The lowest BCUT2D eigenvalue weighted by Crippen LogP contribution is -2.12. The molecule has 1 heterocycles. The van der Waals surface area contributed by atoms with Crippen molar-refractivity contribution in [2.24, 2.45) is 10.9 Å². The van der Waals surface area contributed by atoms with E-state index in [1.54, 1.807) is 36.5 Å². The van der Waals surface area contributed by atoms with Crippen LogP contribution in [0.25, 0.3) is 0 Å². The molecule has 0 aliphatic carbocycles. The molecule has 1 aromatic heterocycles. The molecule has 0 aliphatic heterocycles. The summed E-state index contributed by atoms with van der Waals surface area (Å²) in [5.74, 6) is 1.12. The Labute approximate surface area is 118 Å². The van der Waals surface area contributed by atoms with Crippen LogP contribution in [-0.4, -0.2) is 16.0 Å². The third-order valence-corrected chi connectivity index (χ3v) is 2.34. The Morgan fingerprint density at radius 1 is 1.25 bits per heavy atom. The number of hydrogen-bond acceptors (Lipinski definition) is 4. The van der Waals surface area contributed by atoms with Gasteiger partial charge in [-0.1, -0.05) is 37.2 Å². The minimum Gasteiger partial charge on any atom is -0.439 e. The number of aromatic nitrogens is 1. The highest BCUT2D eigenvalue weighted by Gasteiger charge is 2.03. The number of oxime groups is 1. The normalized spacial score (nSPS) is 10.4. The van der Waals surface area contributed by atoms with E-state index in [1.807, 2.05) is 26.8 Å². The van der Waals surface area contributed by atoms with Crippen LogP contribution in [0.1, 0.15) is 25.0 Å². The molecule has 0 atom stereocenters. The van der Waals surface area contributed by atoms with Crippen molar-refractivity contribution in [3.63, 3.8) is 0 Å². The molecule has 1 aromatic carbocycles. The number of nitrogens with two attached hydrogens (primary N) is 1. The average Bonchev–Trinajstić information content (AvgIpc) is 2.51. The van der Waals surface area contributed by atoms with E-state index in [0.717, 1.165) is 5.56 Å². The molecule has 0 saturated heterocycles. The summed E-state index contributed by atoms with van der Waals surface area (Å²) in [5, 5.41) is 11.6. The molecule has 5 nitrogen and oxygen atoms in total. The lowest BCUT2D eigenvalue weighted by Gasteiger charge is -2.06. The third-order valence-electron chi connectivity index (χ3n) is 2.34. The Hall–Kier alpha value is -2.56. The molecule has 0 saturated carbocycles. The highest BCUT2D eigenvalue weighted by atomic mass is 16.5. The van der Waals surface area contributed by atoms with Crippen molar-refractivity contribution in [3.05, 3.63) is 53.7 Å². The number of pyridine rings is 1. The van der Waals surface area contributed by atoms with Crippen LogP contribution in [0.3, 0.4) is 0 Å². The first-order chi connectivity index (χ1) is 9.69. The molecule has 0 radical (unpaired) electrons. The van der Waals surface area contributed by atoms with Crippen LogP contribution in [0.15, 0.2) is 47.8 Å². The van der Waals surface area contributed by atoms with Crippen LogP contribution in [-0.2, 0) is 0 Å². The average molecular weight is 273 g/mol. The van der Waals surface area contributed by atoms with Gasteiger partial charge in [0.15, 0.2) is 5.84 Å². The predicted octanol–water partition coefficient (Wildman–Crippen LogP) is 3.30. The first-order valence-corrected chi connectivity index (χ1v) is 6.37. The summed E-state index contributed by atoms with van der Waals surface area (Å²) in [7, 11) is 0. The second kappa shape index (κ2) is 7.78. The summed E-state index contributed by atoms with van der Waals surface area (Å²) in [6.45, 7) is 5.95. The SMILES string of the molecule is CC.Cc1ccc(Oc2cccc(/C(N)=N/O)c2)nc1. The highest BCUT2D eigenvalue weighted by Crippen LogP contribution is 2.20. The summed E-state index contributed by atoms with van der Waals surface area (Å²) in [6.07, 6.45) is 1.72. The topological polar surface area (TPSA) is 80.7 Å².